The van der Waals surface area contributed by atoms with Gasteiger partial charge in [-0.1, -0.05) is 28.1 Å². The number of hydrogen-bond acceptors (Lipinski definition) is 3. The first-order valence-electron chi connectivity index (χ1n) is 5.80. The number of ether oxygens (including phenoxy) is 1. The van der Waals surface area contributed by atoms with Gasteiger partial charge in [-0.25, -0.2) is 8.42 Å². The summed E-state index contributed by atoms with van der Waals surface area (Å²) in [7, 11) is -3.40. The van der Waals surface area contributed by atoms with E-state index in [0.717, 1.165) is 10.9 Å². The highest BCUT2D eigenvalue weighted by Gasteiger charge is 2.31. The summed E-state index contributed by atoms with van der Waals surface area (Å²) in [5, 5.41) is 0.723. The summed E-state index contributed by atoms with van der Waals surface area (Å²) in [6.45, 7) is 3.20. The molecule has 0 spiro atoms. The Kier molecular flexibility index (Phi) is 4.42. The lowest BCUT2D eigenvalue weighted by Gasteiger charge is -2.32. The minimum absolute atomic E-state index is 0.111. The highest BCUT2D eigenvalue weighted by atomic mass is 79.9. The van der Waals surface area contributed by atoms with Gasteiger partial charge < -0.3 is 4.74 Å². The van der Waals surface area contributed by atoms with Crippen LogP contribution in [0.4, 0.5) is 0 Å². The summed E-state index contributed by atoms with van der Waals surface area (Å²) >= 11 is 3.34. The molecule has 0 aliphatic carbocycles. The highest BCUT2D eigenvalue weighted by molar-refractivity contribution is 9.08. The minimum atomic E-state index is -3.40. The predicted molar refractivity (Wildman–Crippen MR) is 73.2 cm³/mol. The number of nitrogens with zero attached hydrogens (tertiary/aromatic N) is 1. The fourth-order valence-corrected chi connectivity index (χ4v) is 3.93. The first kappa shape index (κ1) is 14.0. The number of sulfonamides is 1. The lowest BCUT2D eigenvalue weighted by Crippen LogP contribution is -2.46. The highest BCUT2D eigenvalue weighted by Crippen LogP contribution is 2.21. The topological polar surface area (TPSA) is 46.6 Å². The summed E-state index contributed by atoms with van der Waals surface area (Å²) in [6.07, 6.45) is 0. The van der Waals surface area contributed by atoms with Crippen LogP contribution in [0, 0.1) is 0 Å². The zero-order chi connectivity index (χ0) is 13.2. The maximum atomic E-state index is 12.5. The van der Waals surface area contributed by atoms with Crippen LogP contribution in [0.15, 0.2) is 29.2 Å². The molecule has 1 heterocycles. The van der Waals surface area contributed by atoms with Crippen molar-refractivity contribution in [3.05, 3.63) is 29.8 Å². The molecule has 0 saturated carbocycles. The standard InChI is InChI=1S/C12H16BrNO3S/c1-10-9-17-7-6-14(10)18(15,16)12-4-2-11(8-13)3-5-12/h2-5,10H,6-9H2,1H3. The SMILES string of the molecule is CC1COCCN1S(=O)(=O)c1ccc(CBr)cc1. The summed E-state index contributed by atoms with van der Waals surface area (Å²) in [4.78, 5) is 0.348. The quantitative estimate of drug-likeness (QED) is 0.795. The summed E-state index contributed by atoms with van der Waals surface area (Å²) in [6, 6.07) is 6.86. The first-order valence-corrected chi connectivity index (χ1v) is 8.36. The van der Waals surface area contributed by atoms with Gasteiger partial charge in [-0.15, -0.1) is 0 Å². The normalized spacial score (nSPS) is 22.0. The third-order valence-corrected chi connectivity index (χ3v) is 5.67. The molecule has 0 N–H and O–H groups in total. The van der Waals surface area contributed by atoms with Crippen LogP contribution in [-0.4, -0.2) is 38.5 Å². The van der Waals surface area contributed by atoms with Crippen LogP contribution in [-0.2, 0) is 20.1 Å². The van der Waals surface area contributed by atoms with E-state index in [2.05, 4.69) is 15.9 Å². The lowest BCUT2D eigenvalue weighted by molar-refractivity contribution is 0.0393. The van der Waals surface area contributed by atoms with E-state index < -0.39 is 10.0 Å². The number of rotatable bonds is 3. The third kappa shape index (κ3) is 2.77. The fraction of sp³-hybridized carbons (Fsp3) is 0.500. The average molecular weight is 334 g/mol. The van der Waals surface area contributed by atoms with Crippen LogP contribution in [0.1, 0.15) is 12.5 Å². The molecule has 4 nitrogen and oxygen atoms in total. The molecule has 0 radical (unpaired) electrons. The molecule has 18 heavy (non-hydrogen) atoms. The van der Waals surface area contributed by atoms with Crippen molar-refractivity contribution in [1.29, 1.82) is 0 Å². The van der Waals surface area contributed by atoms with Crippen molar-refractivity contribution in [2.24, 2.45) is 0 Å². The maximum Gasteiger partial charge on any atom is 0.243 e. The lowest BCUT2D eigenvalue weighted by atomic mass is 10.2. The Morgan fingerprint density at radius 3 is 2.61 bits per heavy atom. The molecule has 1 aromatic rings. The zero-order valence-corrected chi connectivity index (χ0v) is 12.6. The zero-order valence-electron chi connectivity index (χ0n) is 10.2. The van der Waals surface area contributed by atoms with Crippen LogP contribution in [0.2, 0.25) is 0 Å². The number of halogens is 1. The van der Waals surface area contributed by atoms with E-state index in [9.17, 15) is 8.42 Å². The Hall–Kier alpha value is -0.430. The predicted octanol–water partition coefficient (Wildman–Crippen LogP) is 1.99. The van der Waals surface area contributed by atoms with Crippen molar-refractivity contribution in [3.8, 4) is 0 Å². The Balaban J connectivity index is 2.28. The second kappa shape index (κ2) is 5.69. The molecular formula is C12H16BrNO3S. The van der Waals surface area contributed by atoms with E-state index in [1.165, 1.54) is 4.31 Å². The second-order valence-electron chi connectivity index (χ2n) is 4.32. The van der Waals surface area contributed by atoms with Crippen molar-refractivity contribution >= 4 is 26.0 Å². The molecule has 1 aromatic carbocycles. The second-order valence-corrected chi connectivity index (χ2v) is 6.77. The van der Waals surface area contributed by atoms with Crippen LogP contribution >= 0.6 is 15.9 Å². The van der Waals surface area contributed by atoms with E-state index in [1.54, 1.807) is 12.1 Å². The van der Waals surface area contributed by atoms with Crippen molar-refractivity contribution in [1.82, 2.24) is 4.31 Å². The molecule has 1 atom stereocenters. The van der Waals surface area contributed by atoms with Gasteiger partial charge >= 0.3 is 0 Å². The van der Waals surface area contributed by atoms with Crippen LogP contribution in [0.5, 0.6) is 0 Å². The average Bonchev–Trinajstić information content (AvgIpc) is 2.39. The van der Waals surface area contributed by atoms with Crippen LogP contribution in [0.3, 0.4) is 0 Å². The molecule has 2 rings (SSSR count). The van der Waals surface area contributed by atoms with Gasteiger partial charge in [0.25, 0.3) is 0 Å². The Morgan fingerprint density at radius 2 is 2.06 bits per heavy atom. The molecule has 100 valence electrons. The van der Waals surface area contributed by atoms with Gasteiger partial charge in [0.2, 0.25) is 10.0 Å². The monoisotopic (exact) mass is 333 g/mol. The molecule has 6 heteroatoms. The molecule has 0 aromatic heterocycles. The van der Waals surface area contributed by atoms with E-state index in [0.29, 0.717) is 24.7 Å². The van der Waals surface area contributed by atoms with Gasteiger partial charge in [-0.3, -0.25) is 0 Å². The van der Waals surface area contributed by atoms with Crippen molar-refractivity contribution in [3.63, 3.8) is 0 Å². The first-order chi connectivity index (χ1) is 8.55. The molecule has 1 aliphatic rings. The van der Waals surface area contributed by atoms with E-state index in [4.69, 9.17) is 4.74 Å². The number of alkyl halides is 1. The Morgan fingerprint density at radius 1 is 1.39 bits per heavy atom. The number of hydrogen-bond donors (Lipinski definition) is 0. The summed E-state index contributed by atoms with van der Waals surface area (Å²) < 4.78 is 31.7. The van der Waals surface area contributed by atoms with E-state index in [-0.39, 0.29) is 6.04 Å². The number of benzene rings is 1. The Labute approximate surface area is 116 Å². The van der Waals surface area contributed by atoms with E-state index >= 15 is 0 Å². The molecule has 0 amide bonds. The van der Waals surface area contributed by atoms with Gasteiger partial charge in [-0.05, 0) is 24.6 Å². The Bertz CT molecular complexity index is 501. The van der Waals surface area contributed by atoms with Gasteiger partial charge in [-0.2, -0.15) is 4.31 Å². The van der Waals surface area contributed by atoms with Crippen LogP contribution in [0.25, 0.3) is 0 Å². The van der Waals surface area contributed by atoms with E-state index in [1.807, 2.05) is 19.1 Å². The largest absolute Gasteiger partial charge is 0.378 e. The smallest absolute Gasteiger partial charge is 0.243 e. The molecule has 1 fully saturated rings. The van der Waals surface area contributed by atoms with Gasteiger partial charge in [0, 0.05) is 17.9 Å². The molecular weight excluding hydrogens is 318 g/mol. The maximum absolute atomic E-state index is 12.5. The van der Waals surface area contributed by atoms with Gasteiger partial charge in [0.15, 0.2) is 0 Å². The molecule has 1 saturated heterocycles. The van der Waals surface area contributed by atoms with Crippen molar-refractivity contribution in [2.45, 2.75) is 23.2 Å². The van der Waals surface area contributed by atoms with Crippen molar-refractivity contribution < 1.29 is 13.2 Å². The summed E-state index contributed by atoms with van der Waals surface area (Å²) in [5.41, 5.74) is 1.06. The molecule has 0 bridgehead atoms. The van der Waals surface area contributed by atoms with Gasteiger partial charge in [0.1, 0.15) is 0 Å². The minimum Gasteiger partial charge on any atom is -0.378 e. The molecule has 1 unspecified atom stereocenters. The third-order valence-electron chi connectivity index (χ3n) is 2.99. The number of morpholine rings is 1. The van der Waals surface area contributed by atoms with Crippen molar-refractivity contribution in [2.75, 3.05) is 19.8 Å². The summed E-state index contributed by atoms with van der Waals surface area (Å²) in [5.74, 6) is 0. The molecule has 1 aliphatic heterocycles. The van der Waals surface area contributed by atoms with Gasteiger partial charge in [0.05, 0.1) is 18.1 Å². The fourth-order valence-electron chi connectivity index (χ4n) is 1.95. The van der Waals surface area contributed by atoms with Crippen LogP contribution < -0.4 is 0 Å².